The maximum Gasteiger partial charge on any atom is 0.171 e. The van der Waals surface area contributed by atoms with Crippen molar-refractivity contribution in [3.8, 4) is 0 Å². The third kappa shape index (κ3) is 6.47. The molecule has 4 saturated carbocycles. The van der Waals surface area contributed by atoms with Gasteiger partial charge < -0.3 is 4.43 Å². The molecule has 2 heteroatoms. The molecule has 0 saturated heterocycles. The van der Waals surface area contributed by atoms with Crippen LogP contribution in [0.15, 0.2) is 0 Å². The van der Waals surface area contributed by atoms with Crippen LogP contribution in [-0.4, -0.2) is 15.1 Å². The van der Waals surface area contributed by atoms with Gasteiger partial charge in [0.1, 0.15) is 0 Å². The monoisotopic (exact) mass is 545 g/mol. The Bertz CT molecular complexity index is 753. The molecule has 4 rings (SSSR count). The molecular weight excluding hydrogens is 476 g/mol. The Kier molecular flexibility index (Phi) is 9.98. The molecule has 0 aliphatic heterocycles. The highest BCUT2D eigenvalue weighted by molar-refractivity contribution is 6.48. The van der Waals surface area contributed by atoms with Gasteiger partial charge in [-0.1, -0.05) is 74.7 Å². The molecule has 10 atom stereocenters. The maximum atomic E-state index is 6.55. The molecule has 0 aromatic rings. The molecule has 0 N–H and O–H groups in total. The van der Waals surface area contributed by atoms with E-state index in [1.807, 2.05) is 0 Å². The molecule has 0 radical (unpaired) electrons. The zero-order valence-electron chi connectivity index (χ0n) is 27.6. The van der Waals surface area contributed by atoms with Gasteiger partial charge in [-0.3, -0.25) is 0 Å². The predicted molar refractivity (Wildman–Crippen MR) is 169 cm³/mol. The van der Waals surface area contributed by atoms with E-state index in [2.05, 4.69) is 68.5 Å². The van der Waals surface area contributed by atoms with Crippen molar-refractivity contribution in [2.45, 2.75) is 164 Å². The number of fused-ring (bicyclic) bond motifs is 5. The van der Waals surface area contributed by atoms with Gasteiger partial charge in [0.15, 0.2) is 9.04 Å². The molecule has 1 nitrogen and oxygen atoms in total. The Hall–Kier alpha value is 0.177. The van der Waals surface area contributed by atoms with Gasteiger partial charge in [0.05, 0.1) is 0 Å². The lowest BCUT2D eigenvalue weighted by molar-refractivity contribution is -0.122. The largest absolute Gasteiger partial charge is 0.417 e. The minimum Gasteiger partial charge on any atom is -0.417 e. The van der Waals surface area contributed by atoms with Crippen molar-refractivity contribution in [3.63, 3.8) is 0 Å². The smallest absolute Gasteiger partial charge is 0.171 e. The number of hydrogen-bond acceptors (Lipinski definition) is 1. The van der Waals surface area contributed by atoms with Crippen LogP contribution >= 0.6 is 0 Å². The minimum atomic E-state index is -0.992. The van der Waals surface area contributed by atoms with Gasteiger partial charge in [-0.25, -0.2) is 0 Å². The van der Waals surface area contributed by atoms with Crippen LogP contribution in [0, 0.1) is 63.6 Å². The standard InChI is InChI=1S/C36H68OSi/c1-25(2)12-11-13-26(3)30-17-18-31-29-16-15-28-24-27(14-19-33(34(4,5)6)37-38(9)10)20-22-35(28,7)32(29)21-23-36(30,31)8/h25-33,38H,11-24H2,1-10H3/t26-,27?,28?,29+,30-,31+,32+,33?,35+,36-/m1/s1. The summed E-state index contributed by atoms with van der Waals surface area (Å²) in [5.41, 5.74) is 1.55. The lowest BCUT2D eigenvalue weighted by atomic mass is 9.44. The Morgan fingerprint density at radius 1 is 0.816 bits per heavy atom. The summed E-state index contributed by atoms with van der Waals surface area (Å²) < 4.78 is 6.55. The Morgan fingerprint density at radius 3 is 2.16 bits per heavy atom. The zero-order chi connectivity index (χ0) is 27.9. The van der Waals surface area contributed by atoms with Crippen LogP contribution in [0.1, 0.15) is 145 Å². The second-order valence-corrected chi connectivity index (χ2v) is 19.8. The van der Waals surface area contributed by atoms with E-state index in [1.54, 1.807) is 19.3 Å². The van der Waals surface area contributed by atoms with Crippen LogP contribution in [0.5, 0.6) is 0 Å². The summed E-state index contributed by atoms with van der Waals surface area (Å²) in [6.07, 6.45) is 21.3. The Balaban J connectivity index is 1.36. The average molecular weight is 545 g/mol. The highest BCUT2D eigenvalue weighted by Crippen LogP contribution is 2.68. The quantitative estimate of drug-likeness (QED) is 0.248. The molecule has 0 aromatic heterocycles. The van der Waals surface area contributed by atoms with E-state index in [1.165, 1.54) is 70.6 Å². The van der Waals surface area contributed by atoms with Gasteiger partial charge in [-0.15, -0.1) is 0 Å². The summed E-state index contributed by atoms with van der Waals surface area (Å²) in [6, 6.07) is 0. The molecule has 3 unspecified atom stereocenters. The van der Waals surface area contributed by atoms with Gasteiger partial charge in [0.25, 0.3) is 0 Å². The van der Waals surface area contributed by atoms with Gasteiger partial charge >= 0.3 is 0 Å². The van der Waals surface area contributed by atoms with Crippen molar-refractivity contribution < 1.29 is 4.43 Å². The van der Waals surface area contributed by atoms with Crippen molar-refractivity contribution in [1.29, 1.82) is 0 Å². The molecule has 0 spiro atoms. The fraction of sp³-hybridized carbons (Fsp3) is 1.00. The molecule has 0 bridgehead atoms. The second kappa shape index (κ2) is 12.2. The van der Waals surface area contributed by atoms with Crippen molar-refractivity contribution in [1.82, 2.24) is 0 Å². The van der Waals surface area contributed by atoms with Gasteiger partial charge in [-0.2, -0.15) is 0 Å². The highest BCUT2D eigenvalue weighted by atomic mass is 28.3. The number of rotatable bonds is 10. The van der Waals surface area contributed by atoms with E-state index < -0.39 is 9.04 Å². The second-order valence-electron chi connectivity index (χ2n) is 17.4. The number of hydrogen-bond donors (Lipinski definition) is 0. The summed E-state index contributed by atoms with van der Waals surface area (Å²) >= 11 is 0. The van der Waals surface area contributed by atoms with E-state index in [-0.39, 0.29) is 5.41 Å². The first-order valence-electron chi connectivity index (χ1n) is 17.4. The Labute approximate surface area is 241 Å². The molecule has 0 aromatic carbocycles. The van der Waals surface area contributed by atoms with E-state index in [9.17, 15) is 0 Å². The summed E-state index contributed by atoms with van der Waals surface area (Å²) in [7, 11) is -0.992. The van der Waals surface area contributed by atoms with Crippen LogP contribution in [0.25, 0.3) is 0 Å². The minimum absolute atomic E-state index is 0.276. The lowest BCUT2D eigenvalue weighted by Gasteiger charge is -2.61. The van der Waals surface area contributed by atoms with Crippen molar-refractivity contribution >= 4 is 9.04 Å². The molecule has 38 heavy (non-hydrogen) atoms. The molecule has 222 valence electrons. The first kappa shape index (κ1) is 31.1. The first-order chi connectivity index (χ1) is 17.8. The van der Waals surface area contributed by atoms with Gasteiger partial charge in [-0.05, 0) is 147 Å². The Morgan fingerprint density at radius 2 is 1.50 bits per heavy atom. The molecule has 4 aliphatic rings. The topological polar surface area (TPSA) is 9.23 Å². The van der Waals surface area contributed by atoms with Crippen LogP contribution in [0.2, 0.25) is 13.1 Å². The lowest BCUT2D eigenvalue weighted by Crippen LogP contribution is -2.53. The molecule has 0 amide bonds. The van der Waals surface area contributed by atoms with Crippen molar-refractivity contribution in [2.75, 3.05) is 0 Å². The highest BCUT2D eigenvalue weighted by Gasteiger charge is 2.60. The third-order valence-electron chi connectivity index (χ3n) is 13.2. The van der Waals surface area contributed by atoms with Crippen LogP contribution in [0.4, 0.5) is 0 Å². The van der Waals surface area contributed by atoms with E-state index in [4.69, 9.17) is 4.43 Å². The third-order valence-corrected chi connectivity index (χ3v) is 14.1. The SMILES string of the molecule is CC(C)CCC[C@@H](C)[C@H]1CC[C@H]2[C@@H]3CCC4CC(CCC(O[SiH](C)C)C(C)(C)C)CC[C@]4(C)[C@H]3CC[C@]12C. The van der Waals surface area contributed by atoms with Crippen molar-refractivity contribution in [3.05, 3.63) is 0 Å². The predicted octanol–water partition coefficient (Wildman–Crippen LogP) is 10.9. The fourth-order valence-electron chi connectivity index (χ4n) is 11.1. The van der Waals surface area contributed by atoms with Crippen LogP contribution < -0.4 is 0 Å². The van der Waals surface area contributed by atoms with E-state index in [0.717, 1.165) is 47.3 Å². The molecule has 0 heterocycles. The fourth-order valence-corrected chi connectivity index (χ4v) is 12.3. The van der Waals surface area contributed by atoms with E-state index >= 15 is 0 Å². The maximum absolute atomic E-state index is 6.55. The summed E-state index contributed by atoms with van der Waals surface area (Å²) in [5, 5.41) is 0. The van der Waals surface area contributed by atoms with Gasteiger partial charge in [0, 0.05) is 6.10 Å². The summed E-state index contributed by atoms with van der Waals surface area (Å²) in [6.45, 7) is 24.8. The first-order valence-corrected chi connectivity index (χ1v) is 20.2. The molecule has 4 fully saturated rings. The summed E-state index contributed by atoms with van der Waals surface area (Å²) in [4.78, 5) is 0. The van der Waals surface area contributed by atoms with Gasteiger partial charge in [0.2, 0.25) is 0 Å². The van der Waals surface area contributed by atoms with Crippen LogP contribution in [0.3, 0.4) is 0 Å². The van der Waals surface area contributed by atoms with Crippen LogP contribution in [-0.2, 0) is 4.43 Å². The van der Waals surface area contributed by atoms with Crippen molar-refractivity contribution in [2.24, 2.45) is 63.6 Å². The molecular formula is C36H68OSi. The average Bonchev–Trinajstić information content (AvgIpc) is 3.17. The zero-order valence-corrected chi connectivity index (χ0v) is 28.7. The normalized spacial score (nSPS) is 41.1. The summed E-state index contributed by atoms with van der Waals surface area (Å²) in [5.74, 6) is 7.82. The molecule has 4 aliphatic carbocycles. The van der Waals surface area contributed by atoms with E-state index in [0.29, 0.717) is 16.9 Å².